The van der Waals surface area contributed by atoms with Crippen molar-refractivity contribution in [1.82, 2.24) is 9.55 Å². The third kappa shape index (κ3) is 4.28. The van der Waals surface area contributed by atoms with Gasteiger partial charge in [0.05, 0.1) is 17.6 Å². The lowest BCUT2D eigenvalue weighted by Crippen LogP contribution is -2.31. The Kier molecular flexibility index (Phi) is 6.18. The maximum Gasteiger partial charge on any atom is 0.269 e. The molecule has 0 unspecified atom stereocenters. The summed E-state index contributed by atoms with van der Waals surface area (Å²) in [4.78, 5) is 30.7. The number of fused-ring (bicyclic) bond motifs is 1. The molecule has 0 atom stereocenters. The molecular weight excluding hydrogens is 456 g/mol. The van der Waals surface area contributed by atoms with Crippen molar-refractivity contribution < 1.29 is 18.3 Å². The van der Waals surface area contributed by atoms with Crippen molar-refractivity contribution >= 4 is 32.7 Å². The first kappa shape index (κ1) is 23.1. The van der Waals surface area contributed by atoms with Gasteiger partial charge in [-0.3, -0.25) is 14.2 Å². The molecule has 0 saturated heterocycles. The molecule has 0 aliphatic heterocycles. The van der Waals surface area contributed by atoms with Crippen LogP contribution in [-0.2, 0) is 23.0 Å². The standard InChI is InChI=1S/C24H22N4O5S/c1-2-16-10-6-12-18(34(25,32)33)20(16)27-23(30)19-21(29)17-11-7-13-26-22(17)28(24(19)31)14-15-8-4-3-5-9-15/h3-13,29H,2,14H2,1H3,(H,27,30)(H2,25,32,33). The third-order valence-electron chi connectivity index (χ3n) is 5.44. The molecule has 10 heteroatoms. The normalized spacial score (nSPS) is 11.5. The number of para-hydroxylation sites is 1. The smallest absolute Gasteiger partial charge is 0.269 e. The van der Waals surface area contributed by atoms with E-state index in [1.165, 1.54) is 22.9 Å². The molecule has 2 aromatic carbocycles. The highest BCUT2D eigenvalue weighted by Crippen LogP contribution is 2.29. The summed E-state index contributed by atoms with van der Waals surface area (Å²) < 4.78 is 25.5. The minimum Gasteiger partial charge on any atom is -0.506 e. The van der Waals surface area contributed by atoms with Crippen LogP contribution in [-0.4, -0.2) is 29.0 Å². The molecule has 9 nitrogen and oxygen atoms in total. The van der Waals surface area contributed by atoms with E-state index in [1.807, 2.05) is 30.3 Å². The Hall–Kier alpha value is -4.02. The maximum atomic E-state index is 13.4. The Labute approximate surface area is 195 Å². The number of nitrogens with one attached hydrogen (secondary N) is 1. The molecule has 0 spiro atoms. The second-order valence-corrected chi connectivity index (χ2v) is 9.15. The van der Waals surface area contributed by atoms with E-state index in [-0.39, 0.29) is 28.2 Å². The predicted molar refractivity (Wildman–Crippen MR) is 128 cm³/mol. The minimum absolute atomic E-state index is 0.0304. The SMILES string of the molecule is CCc1cccc(S(N)(=O)=O)c1NC(=O)c1c(O)c2cccnc2n(Cc2ccccc2)c1=O. The third-order valence-corrected chi connectivity index (χ3v) is 6.40. The van der Waals surface area contributed by atoms with Crippen molar-refractivity contribution in [2.24, 2.45) is 5.14 Å². The Bertz CT molecular complexity index is 1560. The van der Waals surface area contributed by atoms with Crippen LogP contribution in [0.5, 0.6) is 5.75 Å². The van der Waals surface area contributed by atoms with Crippen molar-refractivity contribution in [3.63, 3.8) is 0 Å². The van der Waals surface area contributed by atoms with Crippen LogP contribution in [0.4, 0.5) is 5.69 Å². The lowest BCUT2D eigenvalue weighted by molar-refractivity contribution is 0.102. The van der Waals surface area contributed by atoms with E-state index < -0.39 is 32.8 Å². The van der Waals surface area contributed by atoms with Gasteiger partial charge in [-0.1, -0.05) is 49.4 Å². The van der Waals surface area contributed by atoms with Crippen molar-refractivity contribution in [2.45, 2.75) is 24.8 Å². The molecule has 0 fully saturated rings. The first-order valence-corrected chi connectivity index (χ1v) is 12.0. The van der Waals surface area contributed by atoms with Crippen LogP contribution in [0, 0.1) is 0 Å². The lowest BCUT2D eigenvalue weighted by atomic mass is 10.1. The Morgan fingerprint density at radius 2 is 1.82 bits per heavy atom. The van der Waals surface area contributed by atoms with Crippen LogP contribution in [0.25, 0.3) is 11.0 Å². The van der Waals surface area contributed by atoms with E-state index in [0.717, 1.165) is 5.56 Å². The van der Waals surface area contributed by atoms with Crippen LogP contribution in [0.15, 0.2) is 76.6 Å². The molecule has 0 bridgehead atoms. The summed E-state index contributed by atoms with van der Waals surface area (Å²) in [6.45, 7) is 1.89. The fraction of sp³-hybridized carbons (Fsp3) is 0.125. The first-order valence-electron chi connectivity index (χ1n) is 10.4. The number of anilines is 1. The number of carbonyl (C=O) groups excluding carboxylic acids is 1. The number of benzene rings is 2. The van der Waals surface area contributed by atoms with Gasteiger partial charge in [-0.2, -0.15) is 0 Å². The van der Waals surface area contributed by atoms with Crippen LogP contribution in [0.1, 0.15) is 28.4 Å². The molecule has 4 aromatic rings. The second-order valence-electron chi connectivity index (χ2n) is 7.62. The van der Waals surface area contributed by atoms with Crippen molar-refractivity contribution in [1.29, 1.82) is 0 Å². The van der Waals surface area contributed by atoms with E-state index in [1.54, 1.807) is 25.1 Å². The van der Waals surface area contributed by atoms with Crippen molar-refractivity contribution in [2.75, 3.05) is 5.32 Å². The molecule has 34 heavy (non-hydrogen) atoms. The van der Waals surface area contributed by atoms with Gasteiger partial charge < -0.3 is 10.4 Å². The molecule has 1 amide bonds. The number of hydrogen-bond acceptors (Lipinski definition) is 6. The molecule has 2 aromatic heterocycles. The summed E-state index contributed by atoms with van der Waals surface area (Å²) in [5.74, 6) is -1.50. The van der Waals surface area contributed by atoms with E-state index in [4.69, 9.17) is 5.14 Å². The lowest BCUT2D eigenvalue weighted by Gasteiger charge is -2.16. The number of nitrogens with zero attached hydrogens (tertiary/aromatic N) is 2. The topological polar surface area (TPSA) is 144 Å². The van der Waals surface area contributed by atoms with Crippen LogP contribution >= 0.6 is 0 Å². The summed E-state index contributed by atoms with van der Waals surface area (Å²) >= 11 is 0. The highest BCUT2D eigenvalue weighted by molar-refractivity contribution is 7.89. The van der Waals surface area contributed by atoms with Crippen LogP contribution in [0.2, 0.25) is 0 Å². The van der Waals surface area contributed by atoms with Gasteiger partial charge in [0.1, 0.15) is 21.9 Å². The van der Waals surface area contributed by atoms with Gasteiger partial charge in [0.2, 0.25) is 10.0 Å². The van der Waals surface area contributed by atoms with E-state index in [0.29, 0.717) is 12.0 Å². The molecule has 4 N–H and O–H groups in total. The van der Waals surface area contributed by atoms with Gasteiger partial charge in [-0.15, -0.1) is 0 Å². The molecule has 4 rings (SSSR count). The number of pyridine rings is 2. The van der Waals surface area contributed by atoms with Gasteiger partial charge in [-0.05, 0) is 35.7 Å². The van der Waals surface area contributed by atoms with Crippen LogP contribution in [0.3, 0.4) is 0 Å². The molecule has 0 saturated carbocycles. The molecule has 2 heterocycles. The number of nitrogens with two attached hydrogens (primary N) is 1. The highest BCUT2D eigenvalue weighted by Gasteiger charge is 2.26. The molecule has 0 radical (unpaired) electrons. The number of hydrogen-bond donors (Lipinski definition) is 3. The number of primary sulfonamides is 1. The Balaban J connectivity index is 1.90. The van der Waals surface area contributed by atoms with Crippen molar-refractivity contribution in [3.05, 3.63) is 93.9 Å². The fourth-order valence-corrected chi connectivity index (χ4v) is 4.54. The molecule has 0 aliphatic carbocycles. The summed E-state index contributed by atoms with van der Waals surface area (Å²) in [7, 11) is -4.17. The minimum atomic E-state index is -4.17. The zero-order valence-corrected chi connectivity index (χ0v) is 19.0. The van der Waals surface area contributed by atoms with Gasteiger partial charge in [0.25, 0.3) is 11.5 Å². The number of sulfonamides is 1. The summed E-state index contributed by atoms with van der Waals surface area (Å²) in [6.07, 6.45) is 1.88. The van der Waals surface area contributed by atoms with E-state index in [9.17, 15) is 23.1 Å². The van der Waals surface area contributed by atoms with Crippen LogP contribution < -0.4 is 16.0 Å². The number of carbonyl (C=O) groups is 1. The Morgan fingerprint density at radius 1 is 1.09 bits per heavy atom. The number of aromatic nitrogens is 2. The van der Waals surface area contributed by atoms with E-state index >= 15 is 0 Å². The first-order chi connectivity index (χ1) is 16.2. The molecule has 0 aliphatic rings. The summed E-state index contributed by atoms with van der Waals surface area (Å²) in [5.41, 5.74) is 0.188. The van der Waals surface area contributed by atoms with Gasteiger partial charge in [0, 0.05) is 6.20 Å². The molecule has 174 valence electrons. The van der Waals surface area contributed by atoms with Gasteiger partial charge in [0.15, 0.2) is 0 Å². The Morgan fingerprint density at radius 3 is 2.50 bits per heavy atom. The maximum absolute atomic E-state index is 13.4. The predicted octanol–water partition coefficient (Wildman–Crippen LogP) is 2.61. The average molecular weight is 479 g/mol. The zero-order valence-electron chi connectivity index (χ0n) is 18.2. The largest absolute Gasteiger partial charge is 0.506 e. The van der Waals surface area contributed by atoms with E-state index in [2.05, 4.69) is 10.3 Å². The van der Waals surface area contributed by atoms with Crippen molar-refractivity contribution in [3.8, 4) is 5.75 Å². The number of aryl methyl sites for hydroxylation is 1. The summed E-state index contributed by atoms with van der Waals surface area (Å²) in [5, 5.41) is 18.9. The molecular formula is C24H22N4O5S. The van der Waals surface area contributed by atoms with Gasteiger partial charge >= 0.3 is 0 Å². The highest BCUT2D eigenvalue weighted by atomic mass is 32.2. The van der Waals surface area contributed by atoms with Gasteiger partial charge in [-0.25, -0.2) is 18.5 Å². The number of aromatic hydroxyl groups is 1. The monoisotopic (exact) mass is 478 g/mol. The second kappa shape index (κ2) is 9.08. The number of rotatable bonds is 6. The summed E-state index contributed by atoms with van der Waals surface area (Å²) in [6, 6.07) is 16.7. The number of amides is 1. The zero-order chi connectivity index (χ0) is 24.5. The average Bonchev–Trinajstić information content (AvgIpc) is 2.82. The quantitative estimate of drug-likeness (QED) is 0.388. The fourth-order valence-electron chi connectivity index (χ4n) is 3.81.